The van der Waals surface area contributed by atoms with Gasteiger partial charge in [0.15, 0.2) is 17.5 Å². The van der Waals surface area contributed by atoms with Gasteiger partial charge in [0.1, 0.15) is 22.9 Å². The van der Waals surface area contributed by atoms with E-state index in [-0.39, 0.29) is 17.7 Å². The summed E-state index contributed by atoms with van der Waals surface area (Å²) in [5.41, 5.74) is -0.169. The van der Waals surface area contributed by atoms with Crippen LogP contribution in [0.3, 0.4) is 0 Å². The lowest BCUT2D eigenvalue weighted by molar-refractivity contribution is -0.189. The Kier molecular flexibility index (Phi) is 8.65. The van der Waals surface area contributed by atoms with E-state index in [0.29, 0.717) is 24.0 Å². The summed E-state index contributed by atoms with van der Waals surface area (Å²) in [7, 11) is 0. The zero-order chi connectivity index (χ0) is 27.4. The molecule has 2 nitrogen and oxygen atoms in total. The highest BCUT2D eigenvalue weighted by atomic mass is 19.3. The van der Waals surface area contributed by atoms with Crippen molar-refractivity contribution >= 4 is 0 Å². The van der Waals surface area contributed by atoms with Gasteiger partial charge in [-0.2, -0.15) is 8.78 Å². The SMILES string of the molecule is CCOCCC1CCC(c2ccc(-c3cc(F)c(C(F)(F)Oc4cc(F)c(F)c(F)c4)c(F)c3)cc2)CC1. The molecule has 1 saturated carbocycles. The summed E-state index contributed by atoms with van der Waals surface area (Å²) < 4.78 is 108. The lowest BCUT2D eigenvalue weighted by Crippen LogP contribution is -2.25. The first-order chi connectivity index (χ1) is 18.1. The van der Waals surface area contributed by atoms with Gasteiger partial charge in [-0.05, 0) is 79.7 Å². The third-order valence-corrected chi connectivity index (χ3v) is 6.97. The van der Waals surface area contributed by atoms with Gasteiger partial charge in [-0.3, -0.25) is 0 Å². The van der Waals surface area contributed by atoms with Gasteiger partial charge in [0, 0.05) is 25.3 Å². The molecule has 0 atom stereocenters. The van der Waals surface area contributed by atoms with Crippen LogP contribution in [-0.4, -0.2) is 13.2 Å². The van der Waals surface area contributed by atoms with Gasteiger partial charge in [0.05, 0.1) is 0 Å². The van der Waals surface area contributed by atoms with Gasteiger partial charge in [-0.1, -0.05) is 24.3 Å². The average molecular weight is 541 g/mol. The van der Waals surface area contributed by atoms with Gasteiger partial charge in [-0.15, -0.1) is 0 Å². The largest absolute Gasteiger partial charge is 0.432 e. The summed E-state index contributed by atoms with van der Waals surface area (Å²) in [6.45, 7) is 3.46. The van der Waals surface area contributed by atoms with Crippen LogP contribution < -0.4 is 4.74 Å². The van der Waals surface area contributed by atoms with Gasteiger partial charge in [-0.25, -0.2) is 22.0 Å². The van der Waals surface area contributed by atoms with E-state index in [9.17, 15) is 30.7 Å². The van der Waals surface area contributed by atoms with Gasteiger partial charge < -0.3 is 9.47 Å². The first kappa shape index (κ1) is 28.0. The van der Waals surface area contributed by atoms with E-state index in [2.05, 4.69) is 4.74 Å². The van der Waals surface area contributed by atoms with Crippen molar-refractivity contribution in [3.63, 3.8) is 0 Å². The van der Waals surface area contributed by atoms with E-state index in [1.165, 1.54) is 0 Å². The van der Waals surface area contributed by atoms with Crippen LogP contribution in [-0.2, 0) is 10.8 Å². The highest BCUT2D eigenvalue weighted by Gasteiger charge is 2.41. The fourth-order valence-electron chi connectivity index (χ4n) is 4.93. The average Bonchev–Trinajstić information content (AvgIpc) is 2.87. The van der Waals surface area contributed by atoms with Gasteiger partial charge in [0.25, 0.3) is 0 Å². The zero-order valence-corrected chi connectivity index (χ0v) is 20.7. The molecule has 1 aliphatic rings. The van der Waals surface area contributed by atoms with E-state index < -0.39 is 46.5 Å². The molecule has 0 amide bonds. The maximum Gasteiger partial charge on any atom is 0.432 e. The molecule has 0 aromatic heterocycles. The summed E-state index contributed by atoms with van der Waals surface area (Å²) in [5.74, 6) is -8.79. The zero-order valence-electron chi connectivity index (χ0n) is 20.7. The predicted molar refractivity (Wildman–Crippen MR) is 128 cm³/mol. The molecule has 1 fully saturated rings. The lowest BCUT2D eigenvalue weighted by Gasteiger charge is -2.29. The number of hydrogen-bond donors (Lipinski definition) is 0. The molecule has 0 spiro atoms. The van der Waals surface area contributed by atoms with Crippen LogP contribution in [0.2, 0.25) is 0 Å². The maximum atomic E-state index is 14.7. The van der Waals surface area contributed by atoms with E-state index in [4.69, 9.17) is 4.74 Å². The summed E-state index contributed by atoms with van der Waals surface area (Å²) >= 11 is 0. The van der Waals surface area contributed by atoms with Crippen LogP contribution in [0.15, 0.2) is 48.5 Å². The van der Waals surface area contributed by atoms with Crippen molar-refractivity contribution in [2.24, 2.45) is 5.92 Å². The van der Waals surface area contributed by atoms with Crippen molar-refractivity contribution in [3.8, 4) is 16.9 Å². The molecule has 0 saturated heterocycles. The molecule has 1 aliphatic carbocycles. The molecule has 3 aromatic rings. The second-order valence-electron chi connectivity index (χ2n) is 9.46. The summed E-state index contributed by atoms with van der Waals surface area (Å²) in [6, 6.07) is 8.91. The molecule has 4 rings (SSSR count). The maximum absolute atomic E-state index is 14.7. The van der Waals surface area contributed by atoms with Crippen LogP contribution in [0.4, 0.5) is 30.7 Å². The first-order valence-electron chi connectivity index (χ1n) is 12.5. The number of halogens is 7. The molecular formula is C29H27F7O2. The summed E-state index contributed by atoms with van der Waals surface area (Å²) in [4.78, 5) is 0. The van der Waals surface area contributed by atoms with Gasteiger partial charge in [0.2, 0.25) is 0 Å². The molecule has 0 unspecified atom stereocenters. The molecule has 3 aromatic carbocycles. The molecule has 0 bridgehead atoms. The Morgan fingerprint density at radius 1 is 0.763 bits per heavy atom. The fraction of sp³-hybridized carbons (Fsp3) is 0.379. The molecule has 0 aliphatic heterocycles. The van der Waals surface area contributed by atoms with Crippen LogP contribution in [0.25, 0.3) is 11.1 Å². The highest BCUT2D eigenvalue weighted by molar-refractivity contribution is 5.64. The molecule has 0 heterocycles. The third kappa shape index (κ3) is 6.31. The number of rotatable bonds is 9. The Morgan fingerprint density at radius 3 is 1.89 bits per heavy atom. The Labute approximate surface area is 216 Å². The lowest BCUT2D eigenvalue weighted by atomic mass is 9.77. The molecule has 0 N–H and O–H groups in total. The Morgan fingerprint density at radius 2 is 1.34 bits per heavy atom. The van der Waals surface area contributed by atoms with E-state index in [0.717, 1.165) is 56.4 Å². The van der Waals surface area contributed by atoms with E-state index in [1.54, 1.807) is 12.1 Å². The first-order valence-corrected chi connectivity index (χ1v) is 12.5. The minimum absolute atomic E-state index is 0.0320. The standard InChI is InChI=1S/C29H27F7O2/c1-2-37-12-11-17-3-5-18(6-4-17)19-7-9-20(10-8-19)21-13-23(30)27(24(31)14-21)29(35,36)38-22-15-25(32)28(34)26(33)16-22/h7-10,13-18H,2-6,11-12H2,1H3. The van der Waals surface area contributed by atoms with Crippen LogP contribution in [0.1, 0.15) is 56.1 Å². The van der Waals surface area contributed by atoms with Crippen LogP contribution in [0, 0.1) is 35.0 Å². The molecule has 38 heavy (non-hydrogen) atoms. The topological polar surface area (TPSA) is 18.5 Å². The van der Waals surface area contributed by atoms with Crippen molar-refractivity contribution in [2.75, 3.05) is 13.2 Å². The smallest absolute Gasteiger partial charge is 0.429 e. The number of alkyl halides is 2. The molecule has 204 valence electrons. The highest BCUT2D eigenvalue weighted by Crippen LogP contribution is 2.39. The minimum Gasteiger partial charge on any atom is -0.429 e. The Balaban J connectivity index is 1.47. The van der Waals surface area contributed by atoms with Crippen molar-refractivity contribution in [1.82, 2.24) is 0 Å². The normalized spacial score (nSPS) is 18.0. The predicted octanol–water partition coefficient (Wildman–Crippen LogP) is 8.88. The van der Waals surface area contributed by atoms with Crippen molar-refractivity contribution < 1.29 is 40.2 Å². The monoisotopic (exact) mass is 540 g/mol. The molecular weight excluding hydrogens is 513 g/mol. The fourth-order valence-corrected chi connectivity index (χ4v) is 4.93. The quantitative estimate of drug-likeness (QED) is 0.153. The second-order valence-corrected chi connectivity index (χ2v) is 9.46. The van der Waals surface area contributed by atoms with Crippen molar-refractivity contribution in [1.29, 1.82) is 0 Å². The summed E-state index contributed by atoms with van der Waals surface area (Å²) in [5, 5.41) is 0. The van der Waals surface area contributed by atoms with Crippen molar-refractivity contribution in [3.05, 3.63) is 88.7 Å². The van der Waals surface area contributed by atoms with Crippen molar-refractivity contribution in [2.45, 2.75) is 51.1 Å². The van der Waals surface area contributed by atoms with E-state index >= 15 is 0 Å². The second kappa shape index (κ2) is 11.8. The Bertz CT molecular complexity index is 1210. The van der Waals surface area contributed by atoms with Crippen LogP contribution in [0.5, 0.6) is 5.75 Å². The molecule has 9 heteroatoms. The number of hydrogen-bond acceptors (Lipinski definition) is 2. The number of ether oxygens (including phenoxy) is 2. The van der Waals surface area contributed by atoms with Crippen LogP contribution >= 0.6 is 0 Å². The number of benzene rings is 3. The summed E-state index contributed by atoms with van der Waals surface area (Å²) in [6.07, 6.45) is 0.689. The Hall–Kier alpha value is -3.07. The molecule has 0 radical (unpaired) electrons. The third-order valence-electron chi connectivity index (χ3n) is 6.97. The van der Waals surface area contributed by atoms with Gasteiger partial charge >= 0.3 is 6.11 Å². The van der Waals surface area contributed by atoms with E-state index in [1.807, 2.05) is 19.1 Å². The minimum atomic E-state index is -4.63.